The van der Waals surface area contributed by atoms with E-state index in [4.69, 9.17) is 9.47 Å². The molecule has 112 valence electrons. The molecule has 2 rings (SSSR count). The van der Waals surface area contributed by atoms with Crippen molar-refractivity contribution in [2.24, 2.45) is 0 Å². The van der Waals surface area contributed by atoms with Crippen molar-refractivity contribution in [3.63, 3.8) is 0 Å². The van der Waals surface area contributed by atoms with Crippen LogP contribution in [0.3, 0.4) is 0 Å². The quantitative estimate of drug-likeness (QED) is 0.607. The molecule has 0 saturated carbocycles. The van der Waals surface area contributed by atoms with Gasteiger partial charge in [-0.05, 0) is 26.0 Å². The molecule has 1 aromatic carbocycles. The fourth-order valence-corrected chi connectivity index (χ4v) is 2.53. The van der Waals surface area contributed by atoms with E-state index in [9.17, 15) is 4.79 Å². The largest absolute Gasteiger partial charge is 0.497 e. The molecule has 0 aliphatic heterocycles. The molecule has 0 atom stereocenters. The molecule has 0 radical (unpaired) electrons. The van der Waals surface area contributed by atoms with Crippen molar-refractivity contribution in [1.82, 2.24) is 9.55 Å². The van der Waals surface area contributed by atoms with E-state index in [2.05, 4.69) is 4.98 Å². The zero-order valence-electron chi connectivity index (χ0n) is 12.3. The van der Waals surface area contributed by atoms with Crippen LogP contribution in [-0.4, -0.2) is 34.5 Å². The van der Waals surface area contributed by atoms with Crippen molar-refractivity contribution < 1.29 is 14.3 Å². The molecule has 0 unspecified atom stereocenters. The van der Waals surface area contributed by atoms with E-state index in [1.165, 1.54) is 11.8 Å². The minimum atomic E-state index is -0.241. The lowest BCUT2D eigenvalue weighted by atomic mass is 10.3. The minimum absolute atomic E-state index is 0.101. The van der Waals surface area contributed by atoms with Crippen LogP contribution in [0.2, 0.25) is 0 Å². The van der Waals surface area contributed by atoms with Gasteiger partial charge in [-0.15, -0.1) is 0 Å². The standard InChI is InChI=1S/C15H18N2O3S/c1-11(2)20-14(18)10-21-15-16-7-8-17(15)12-5-4-6-13(9-12)19-3/h4-9,11H,10H2,1-3H3. The van der Waals surface area contributed by atoms with Crippen molar-refractivity contribution in [1.29, 1.82) is 0 Å². The Morgan fingerprint density at radius 1 is 1.43 bits per heavy atom. The SMILES string of the molecule is COc1cccc(-n2ccnc2SCC(=O)OC(C)C)c1. The summed E-state index contributed by atoms with van der Waals surface area (Å²) in [4.78, 5) is 15.9. The van der Waals surface area contributed by atoms with E-state index < -0.39 is 0 Å². The maximum absolute atomic E-state index is 11.6. The molecule has 0 fully saturated rings. The van der Waals surface area contributed by atoms with E-state index in [-0.39, 0.29) is 17.8 Å². The summed E-state index contributed by atoms with van der Waals surface area (Å²) in [6.45, 7) is 3.67. The Morgan fingerprint density at radius 3 is 2.95 bits per heavy atom. The van der Waals surface area contributed by atoms with Crippen LogP contribution in [0.5, 0.6) is 5.75 Å². The first-order valence-electron chi connectivity index (χ1n) is 6.60. The zero-order chi connectivity index (χ0) is 15.2. The van der Waals surface area contributed by atoms with Gasteiger partial charge in [-0.3, -0.25) is 9.36 Å². The van der Waals surface area contributed by atoms with Crippen LogP contribution in [-0.2, 0) is 9.53 Å². The Labute approximate surface area is 128 Å². The van der Waals surface area contributed by atoms with E-state index in [1.807, 2.05) is 48.9 Å². The van der Waals surface area contributed by atoms with Gasteiger partial charge in [0.05, 0.1) is 24.7 Å². The average Bonchev–Trinajstić information content (AvgIpc) is 2.93. The number of hydrogen-bond donors (Lipinski definition) is 0. The molecule has 0 aliphatic carbocycles. The van der Waals surface area contributed by atoms with E-state index in [0.717, 1.165) is 16.6 Å². The van der Waals surface area contributed by atoms with Crippen LogP contribution in [0.25, 0.3) is 5.69 Å². The lowest BCUT2D eigenvalue weighted by Crippen LogP contribution is -2.13. The number of nitrogens with zero attached hydrogens (tertiary/aromatic N) is 2. The van der Waals surface area contributed by atoms with Gasteiger partial charge in [0, 0.05) is 18.5 Å². The molecule has 5 nitrogen and oxygen atoms in total. The minimum Gasteiger partial charge on any atom is -0.497 e. The summed E-state index contributed by atoms with van der Waals surface area (Å²) in [6.07, 6.45) is 3.46. The number of carbonyl (C=O) groups excluding carboxylic acids is 1. The predicted octanol–water partition coefficient (Wildman–Crippen LogP) is 2.92. The van der Waals surface area contributed by atoms with Crippen LogP contribution >= 0.6 is 11.8 Å². The predicted molar refractivity (Wildman–Crippen MR) is 82.1 cm³/mol. The van der Waals surface area contributed by atoms with Gasteiger partial charge >= 0.3 is 5.97 Å². The third kappa shape index (κ3) is 4.26. The normalized spacial score (nSPS) is 10.7. The second-order valence-electron chi connectivity index (χ2n) is 4.61. The highest BCUT2D eigenvalue weighted by atomic mass is 32.2. The van der Waals surface area contributed by atoms with Crippen molar-refractivity contribution in [2.75, 3.05) is 12.9 Å². The molecule has 0 aliphatic rings. The molecule has 1 heterocycles. The number of methoxy groups -OCH3 is 1. The van der Waals surface area contributed by atoms with Gasteiger partial charge in [-0.1, -0.05) is 17.8 Å². The number of imidazole rings is 1. The summed E-state index contributed by atoms with van der Waals surface area (Å²) in [6, 6.07) is 7.67. The summed E-state index contributed by atoms with van der Waals surface area (Å²) in [5.41, 5.74) is 0.937. The number of esters is 1. The maximum Gasteiger partial charge on any atom is 0.316 e. The third-order valence-corrected chi connectivity index (χ3v) is 3.56. The Hall–Kier alpha value is -1.95. The first-order valence-corrected chi connectivity index (χ1v) is 7.58. The van der Waals surface area contributed by atoms with Crippen molar-refractivity contribution in [3.05, 3.63) is 36.7 Å². The monoisotopic (exact) mass is 306 g/mol. The van der Waals surface area contributed by atoms with Crippen LogP contribution in [0.1, 0.15) is 13.8 Å². The first kappa shape index (κ1) is 15.4. The van der Waals surface area contributed by atoms with Gasteiger partial charge < -0.3 is 9.47 Å². The molecule has 0 bridgehead atoms. The number of hydrogen-bond acceptors (Lipinski definition) is 5. The summed E-state index contributed by atoms with van der Waals surface area (Å²) in [5.74, 6) is 0.769. The van der Waals surface area contributed by atoms with E-state index in [0.29, 0.717) is 0 Å². The highest BCUT2D eigenvalue weighted by molar-refractivity contribution is 7.99. The molecule has 1 aromatic heterocycles. The zero-order valence-corrected chi connectivity index (χ0v) is 13.1. The van der Waals surface area contributed by atoms with Gasteiger partial charge in [-0.2, -0.15) is 0 Å². The van der Waals surface area contributed by atoms with Crippen molar-refractivity contribution >= 4 is 17.7 Å². The molecule has 6 heteroatoms. The number of ether oxygens (including phenoxy) is 2. The second-order valence-corrected chi connectivity index (χ2v) is 5.55. The average molecular weight is 306 g/mol. The topological polar surface area (TPSA) is 53.4 Å². The number of aromatic nitrogens is 2. The first-order chi connectivity index (χ1) is 10.1. The molecule has 0 N–H and O–H groups in total. The van der Waals surface area contributed by atoms with Crippen molar-refractivity contribution in [3.8, 4) is 11.4 Å². The van der Waals surface area contributed by atoms with Crippen LogP contribution in [0, 0.1) is 0 Å². The maximum atomic E-state index is 11.6. The molecule has 21 heavy (non-hydrogen) atoms. The lowest BCUT2D eigenvalue weighted by Gasteiger charge is -2.10. The fourth-order valence-electron chi connectivity index (χ4n) is 1.77. The number of rotatable bonds is 6. The Balaban J connectivity index is 2.09. The Kier molecular flexibility index (Phi) is 5.27. The van der Waals surface area contributed by atoms with Crippen molar-refractivity contribution in [2.45, 2.75) is 25.1 Å². The van der Waals surface area contributed by atoms with Gasteiger partial charge in [0.25, 0.3) is 0 Å². The van der Waals surface area contributed by atoms with Gasteiger partial charge in [0.1, 0.15) is 5.75 Å². The number of benzene rings is 1. The molecule has 0 spiro atoms. The number of thioether (sulfide) groups is 1. The third-order valence-electron chi connectivity index (χ3n) is 2.62. The van der Waals surface area contributed by atoms with Crippen LogP contribution in [0.4, 0.5) is 0 Å². The van der Waals surface area contributed by atoms with Gasteiger partial charge in [-0.25, -0.2) is 4.98 Å². The van der Waals surface area contributed by atoms with E-state index >= 15 is 0 Å². The van der Waals surface area contributed by atoms with Crippen LogP contribution < -0.4 is 4.74 Å². The molecule has 2 aromatic rings. The Bertz CT molecular complexity index is 610. The molecule has 0 saturated heterocycles. The number of carbonyl (C=O) groups is 1. The van der Waals surface area contributed by atoms with Gasteiger partial charge in [0.15, 0.2) is 5.16 Å². The molecule has 0 amide bonds. The highest BCUT2D eigenvalue weighted by Crippen LogP contribution is 2.23. The summed E-state index contributed by atoms with van der Waals surface area (Å²) < 4.78 is 12.2. The summed E-state index contributed by atoms with van der Waals surface area (Å²) in [5, 5.41) is 0.740. The second kappa shape index (κ2) is 7.17. The molecular formula is C15H18N2O3S. The molecular weight excluding hydrogens is 288 g/mol. The summed E-state index contributed by atoms with van der Waals surface area (Å²) >= 11 is 1.35. The fraction of sp³-hybridized carbons (Fsp3) is 0.333. The van der Waals surface area contributed by atoms with E-state index in [1.54, 1.807) is 13.3 Å². The highest BCUT2D eigenvalue weighted by Gasteiger charge is 2.11. The lowest BCUT2D eigenvalue weighted by molar-refractivity contribution is -0.144. The summed E-state index contributed by atoms with van der Waals surface area (Å²) in [7, 11) is 1.63. The van der Waals surface area contributed by atoms with Gasteiger partial charge in [0.2, 0.25) is 0 Å². The Morgan fingerprint density at radius 2 is 2.24 bits per heavy atom. The van der Waals surface area contributed by atoms with Crippen LogP contribution in [0.15, 0.2) is 41.8 Å². The smallest absolute Gasteiger partial charge is 0.316 e.